The van der Waals surface area contributed by atoms with Crippen LogP contribution in [0.4, 0.5) is 11.4 Å². The van der Waals surface area contributed by atoms with Crippen LogP contribution in [0.3, 0.4) is 0 Å². The Balaban J connectivity index is 2.72. The smallest absolute Gasteiger partial charge is 0.251 e. The van der Waals surface area contributed by atoms with Gasteiger partial charge in [-0.3, -0.25) is 4.79 Å². The van der Waals surface area contributed by atoms with Gasteiger partial charge in [0, 0.05) is 26.3 Å². The largest absolute Gasteiger partial charge is 0.397 e. The topological polar surface area (TPSA) is 96.6 Å². The van der Waals surface area contributed by atoms with Gasteiger partial charge in [0.05, 0.1) is 24.1 Å². The summed E-state index contributed by atoms with van der Waals surface area (Å²) in [7, 11) is 3.08. The molecule has 1 amide bonds. The molecule has 0 radical (unpaired) electrons. The van der Waals surface area contributed by atoms with Crippen LogP contribution in [-0.2, 0) is 4.74 Å². The van der Waals surface area contributed by atoms with Gasteiger partial charge in [-0.2, -0.15) is 0 Å². The Bertz CT molecular complexity index is 410. The molecule has 18 heavy (non-hydrogen) atoms. The second kappa shape index (κ2) is 6.83. The number of carbonyl (C=O) groups excluding carboxylic acids is 1. The molecule has 1 aromatic rings. The van der Waals surface area contributed by atoms with Crippen LogP contribution in [0, 0.1) is 0 Å². The Morgan fingerprint density at radius 3 is 2.89 bits per heavy atom. The van der Waals surface area contributed by atoms with Gasteiger partial charge in [-0.25, -0.2) is 0 Å². The van der Waals surface area contributed by atoms with Crippen molar-refractivity contribution in [1.29, 1.82) is 0 Å². The predicted octanol–water partition coefficient (Wildman–Crippen LogP) is 0.0476. The molecule has 5 N–H and O–H groups in total. The Hall–Kier alpha value is -1.79. The minimum atomic E-state index is -0.627. The van der Waals surface area contributed by atoms with Crippen molar-refractivity contribution < 1.29 is 14.6 Å². The highest BCUT2D eigenvalue weighted by Gasteiger charge is 2.08. The van der Waals surface area contributed by atoms with Gasteiger partial charge < -0.3 is 26.2 Å². The summed E-state index contributed by atoms with van der Waals surface area (Å²) >= 11 is 0. The maximum Gasteiger partial charge on any atom is 0.251 e. The number of carbonyl (C=O) groups is 1. The molecule has 100 valence electrons. The van der Waals surface area contributed by atoms with Crippen LogP contribution < -0.4 is 16.4 Å². The Labute approximate surface area is 106 Å². The van der Waals surface area contributed by atoms with Crippen LogP contribution >= 0.6 is 0 Å². The minimum absolute atomic E-state index is 0.185. The monoisotopic (exact) mass is 253 g/mol. The van der Waals surface area contributed by atoms with Crippen molar-refractivity contribution >= 4 is 17.3 Å². The number of amides is 1. The van der Waals surface area contributed by atoms with E-state index in [1.165, 1.54) is 7.11 Å². The van der Waals surface area contributed by atoms with Crippen LogP contribution in [-0.4, -0.2) is 44.4 Å². The summed E-state index contributed by atoms with van der Waals surface area (Å²) in [5.74, 6) is -0.185. The van der Waals surface area contributed by atoms with Crippen molar-refractivity contribution in [3.05, 3.63) is 23.8 Å². The lowest BCUT2D eigenvalue weighted by Crippen LogP contribution is -2.25. The van der Waals surface area contributed by atoms with Crippen molar-refractivity contribution in [3.8, 4) is 0 Å². The maximum absolute atomic E-state index is 11.5. The number of anilines is 2. The van der Waals surface area contributed by atoms with Crippen LogP contribution in [0.25, 0.3) is 0 Å². The molecule has 0 fully saturated rings. The van der Waals surface area contributed by atoms with Crippen molar-refractivity contribution in [3.63, 3.8) is 0 Å². The Morgan fingerprint density at radius 2 is 2.28 bits per heavy atom. The van der Waals surface area contributed by atoms with Gasteiger partial charge in [0.25, 0.3) is 5.91 Å². The number of methoxy groups -OCH3 is 1. The number of nitrogen functional groups attached to an aromatic ring is 1. The molecular weight excluding hydrogens is 234 g/mol. The third-order valence-corrected chi connectivity index (χ3v) is 2.43. The van der Waals surface area contributed by atoms with Crippen molar-refractivity contribution in [1.82, 2.24) is 5.32 Å². The average Bonchev–Trinajstić information content (AvgIpc) is 2.37. The first-order valence-electron chi connectivity index (χ1n) is 5.61. The summed E-state index contributed by atoms with van der Waals surface area (Å²) in [6, 6.07) is 4.94. The molecule has 0 aliphatic carbocycles. The standard InChI is InChI=1S/C12H19N3O3/c1-14-12(17)8-3-4-10(13)11(5-8)15-6-9(16)7-18-2/h3-5,9,15-16H,6-7,13H2,1-2H3,(H,14,17). The number of nitrogens with two attached hydrogens (primary N) is 1. The number of aliphatic hydroxyl groups is 1. The fourth-order valence-electron chi connectivity index (χ4n) is 1.47. The zero-order chi connectivity index (χ0) is 13.5. The summed E-state index contributed by atoms with van der Waals surface area (Å²) < 4.78 is 4.82. The van der Waals surface area contributed by atoms with E-state index >= 15 is 0 Å². The van der Waals surface area contributed by atoms with E-state index in [0.717, 1.165) is 0 Å². The molecule has 0 bridgehead atoms. The van der Waals surface area contributed by atoms with Gasteiger partial charge in [0.15, 0.2) is 0 Å². The summed E-state index contributed by atoms with van der Waals surface area (Å²) in [6.07, 6.45) is -0.627. The summed E-state index contributed by atoms with van der Waals surface area (Å²) in [5, 5.41) is 15.0. The van der Waals surface area contributed by atoms with E-state index in [9.17, 15) is 9.90 Å². The highest BCUT2D eigenvalue weighted by molar-refractivity contribution is 5.96. The van der Waals surface area contributed by atoms with E-state index in [1.807, 2.05) is 0 Å². The van der Waals surface area contributed by atoms with Gasteiger partial charge in [-0.15, -0.1) is 0 Å². The third-order valence-electron chi connectivity index (χ3n) is 2.43. The number of ether oxygens (including phenoxy) is 1. The van der Waals surface area contributed by atoms with Crippen LogP contribution in [0.1, 0.15) is 10.4 Å². The maximum atomic E-state index is 11.5. The second-order valence-electron chi connectivity index (χ2n) is 3.87. The molecule has 0 saturated carbocycles. The Morgan fingerprint density at radius 1 is 1.56 bits per heavy atom. The quantitative estimate of drug-likeness (QED) is 0.537. The molecule has 0 spiro atoms. The van der Waals surface area contributed by atoms with E-state index in [4.69, 9.17) is 10.5 Å². The molecule has 6 nitrogen and oxygen atoms in total. The fourth-order valence-corrected chi connectivity index (χ4v) is 1.47. The average molecular weight is 253 g/mol. The zero-order valence-corrected chi connectivity index (χ0v) is 10.6. The number of hydrogen-bond acceptors (Lipinski definition) is 5. The number of nitrogens with one attached hydrogen (secondary N) is 2. The molecule has 1 atom stereocenters. The van der Waals surface area contributed by atoms with Gasteiger partial charge in [0.2, 0.25) is 0 Å². The fraction of sp³-hybridized carbons (Fsp3) is 0.417. The molecule has 0 aliphatic heterocycles. The van der Waals surface area contributed by atoms with Gasteiger partial charge in [0.1, 0.15) is 0 Å². The third kappa shape index (κ3) is 3.90. The number of aliphatic hydroxyl groups excluding tert-OH is 1. The molecule has 1 aromatic carbocycles. The SMILES string of the molecule is CNC(=O)c1ccc(N)c(NCC(O)COC)c1. The number of rotatable bonds is 6. The number of benzene rings is 1. The van der Waals surface area contributed by atoms with E-state index < -0.39 is 6.10 Å². The molecule has 0 saturated heterocycles. The summed E-state index contributed by atoms with van der Waals surface area (Å²) in [5.41, 5.74) is 7.43. The van der Waals surface area contributed by atoms with Crippen molar-refractivity contribution in [2.45, 2.75) is 6.10 Å². The van der Waals surface area contributed by atoms with Crippen LogP contribution in [0.2, 0.25) is 0 Å². The lowest BCUT2D eigenvalue weighted by Gasteiger charge is -2.14. The van der Waals surface area contributed by atoms with E-state index in [2.05, 4.69) is 10.6 Å². The van der Waals surface area contributed by atoms with Crippen molar-refractivity contribution in [2.24, 2.45) is 0 Å². The first kappa shape index (κ1) is 14.3. The lowest BCUT2D eigenvalue weighted by atomic mass is 10.1. The normalized spacial score (nSPS) is 11.9. The predicted molar refractivity (Wildman–Crippen MR) is 70.6 cm³/mol. The molecule has 1 unspecified atom stereocenters. The van der Waals surface area contributed by atoms with Crippen LogP contribution in [0.5, 0.6) is 0 Å². The molecular formula is C12H19N3O3. The molecule has 0 heterocycles. The van der Waals surface area contributed by atoms with E-state index in [-0.39, 0.29) is 12.5 Å². The Kier molecular flexibility index (Phi) is 5.41. The van der Waals surface area contributed by atoms with Crippen molar-refractivity contribution in [2.75, 3.05) is 38.4 Å². The van der Waals surface area contributed by atoms with Gasteiger partial charge in [-0.1, -0.05) is 0 Å². The summed E-state index contributed by atoms with van der Waals surface area (Å²) in [6.45, 7) is 0.539. The highest BCUT2D eigenvalue weighted by atomic mass is 16.5. The van der Waals surface area contributed by atoms with Crippen LogP contribution in [0.15, 0.2) is 18.2 Å². The first-order chi connectivity index (χ1) is 8.58. The minimum Gasteiger partial charge on any atom is -0.397 e. The molecule has 6 heteroatoms. The van der Waals surface area contributed by atoms with E-state index in [1.54, 1.807) is 25.2 Å². The molecule has 0 aromatic heterocycles. The van der Waals surface area contributed by atoms with Gasteiger partial charge >= 0.3 is 0 Å². The first-order valence-corrected chi connectivity index (χ1v) is 5.61. The molecule has 0 aliphatic rings. The second-order valence-corrected chi connectivity index (χ2v) is 3.87. The lowest BCUT2D eigenvalue weighted by molar-refractivity contribution is 0.0728. The molecule has 1 rings (SSSR count). The highest BCUT2D eigenvalue weighted by Crippen LogP contribution is 2.19. The van der Waals surface area contributed by atoms with Gasteiger partial charge in [-0.05, 0) is 18.2 Å². The number of hydrogen-bond donors (Lipinski definition) is 4. The zero-order valence-electron chi connectivity index (χ0n) is 10.6. The summed E-state index contributed by atoms with van der Waals surface area (Å²) in [4.78, 5) is 11.5. The van der Waals surface area contributed by atoms with E-state index in [0.29, 0.717) is 23.5 Å².